The quantitative estimate of drug-likeness (QED) is 0.353. The van der Waals surface area contributed by atoms with Crippen molar-refractivity contribution in [1.82, 2.24) is 4.57 Å². The molecule has 27 heavy (non-hydrogen) atoms. The van der Waals surface area contributed by atoms with Gasteiger partial charge in [-0.05, 0) is 29.8 Å². The van der Waals surface area contributed by atoms with Crippen LogP contribution in [0, 0.1) is 10.1 Å². The summed E-state index contributed by atoms with van der Waals surface area (Å²) < 4.78 is 7.89. The first-order valence-electron chi connectivity index (χ1n) is 8.68. The molecule has 0 bridgehead atoms. The van der Waals surface area contributed by atoms with Gasteiger partial charge in [0.15, 0.2) is 0 Å². The Bertz CT molecular complexity index is 1090. The van der Waals surface area contributed by atoms with Gasteiger partial charge in [0.1, 0.15) is 12.4 Å². The zero-order valence-electron chi connectivity index (χ0n) is 14.6. The van der Waals surface area contributed by atoms with Gasteiger partial charge in [0.05, 0.1) is 11.5 Å². The highest BCUT2D eigenvalue weighted by Gasteiger charge is 2.13. The summed E-state index contributed by atoms with van der Waals surface area (Å²) in [6.07, 6.45) is 1.95. The van der Waals surface area contributed by atoms with Gasteiger partial charge < -0.3 is 9.30 Å². The van der Waals surface area contributed by atoms with E-state index in [1.54, 1.807) is 12.1 Å². The van der Waals surface area contributed by atoms with Crippen LogP contribution in [0.25, 0.3) is 10.9 Å². The molecule has 0 saturated carbocycles. The van der Waals surface area contributed by atoms with E-state index in [0.29, 0.717) is 18.7 Å². The Balaban J connectivity index is 1.55. The first-order valence-corrected chi connectivity index (χ1v) is 8.68. The van der Waals surface area contributed by atoms with E-state index in [2.05, 4.69) is 0 Å². The number of nitro benzene ring substituents is 1. The molecule has 5 heteroatoms. The lowest BCUT2D eigenvalue weighted by molar-refractivity contribution is -0.385. The number of nitrogens with zero attached hydrogens (tertiary/aromatic N) is 2. The summed E-state index contributed by atoms with van der Waals surface area (Å²) in [7, 11) is 0. The molecule has 0 saturated heterocycles. The average Bonchev–Trinajstić information content (AvgIpc) is 3.09. The van der Waals surface area contributed by atoms with Crippen LogP contribution in [0.15, 0.2) is 85.1 Å². The highest BCUT2D eigenvalue weighted by Crippen LogP contribution is 2.25. The lowest BCUT2D eigenvalue weighted by Gasteiger charge is -2.09. The molecule has 4 rings (SSSR count). The summed E-state index contributed by atoms with van der Waals surface area (Å²) in [4.78, 5) is 10.9. The normalized spacial score (nSPS) is 10.8. The fraction of sp³-hybridized carbons (Fsp3) is 0.0909. The summed E-state index contributed by atoms with van der Waals surface area (Å²) in [6, 6.07) is 24.8. The van der Waals surface area contributed by atoms with Gasteiger partial charge in [-0.15, -0.1) is 0 Å². The molecule has 0 aliphatic heterocycles. The molecule has 0 radical (unpaired) electrons. The SMILES string of the molecule is O=[N+]([O-])c1ccccc1Cn1ccc2cc(OCc3ccccc3)ccc21. The molecule has 4 aromatic rings. The molecule has 3 aromatic carbocycles. The van der Waals surface area contributed by atoms with E-state index in [1.807, 2.05) is 71.4 Å². The number of fused-ring (bicyclic) bond motifs is 1. The second-order valence-corrected chi connectivity index (χ2v) is 6.32. The van der Waals surface area contributed by atoms with Gasteiger partial charge in [-0.2, -0.15) is 0 Å². The molecule has 134 valence electrons. The molecule has 0 amide bonds. The van der Waals surface area contributed by atoms with Crippen molar-refractivity contribution in [3.8, 4) is 5.75 Å². The number of hydrogen-bond donors (Lipinski definition) is 0. The maximum atomic E-state index is 11.2. The molecule has 0 unspecified atom stereocenters. The molecule has 0 aliphatic carbocycles. The Morgan fingerprint density at radius 1 is 0.926 bits per heavy atom. The van der Waals surface area contributed by atoms with Gasteiger partial charge in [-0.1, -0.05) is 48.5 Å². The predicted molar refractivity (Wildman–Crippen MR) is 105 cm³/mol. The molecule has 1 aromatic heterocycles. The van der Waals surface area contributed by atoms with Crippen LogP contribution >= 0.6 is 0 Å². The second-order valence-electron chi connectivity index (χ2n) is 6.32. The minimum Gasteiger partial charge on any atom is -0.489 e. The first kappa shape index (κ1) is 16.8. The van der Waals surface area contributed by atoms with Crippen molar-refractivity contribution in [2.24, 2.45) is 0 Å². The van der Waals surface area contributed by atoms with E-state index in [-0.39, 0.29) is 10.6 Å². The number of nitro groups is 1. The van der Waals surface area contributed by atoms with Crippen LogP contribution < -0.4 is 4.74 Å². The minimum absolute atomic E-state index is 0.141. The Morgan fingerprint density at radius 3 is 2.52 bits per heavy atom. The van der Waals surface area contributed by atoms with Crippen molar-refractivity contribution >= 4 is 16.6 Å². The summed E-state index contributed by atoms with van der Waals surface area (Å²) in [5, 5.41) is 12.3. The first-order chi connectivity index (χ1) is 13.2. The molecule has 0 fully saturated rings. The Morgan fingerprint density at radius 2 is 1.70 bits per heavy atom. The van der Waals surface area contributed by atoms with Crippen LogP contribution in [0.5, 0.6) is 5.75 Å². The van der Waals surface area contributed by atoms with Gasteiger partial charge in [0.2, 0.25) is 0 Å². The maximum absolute atomic E-state index is 11.2. The zero-order valence-corrected chi connectivity index (χ0v) is 14.6. The second kappa shape index (κ2) is 7.33. The van der Waals surface area contributed by atoms with E-state index in [4.69, 9.17) is 4.74 Å². The number of para-hydroxylation sites is 1. The van der Waals surface area contributed by atoms with E-state index in [1.165, 1.54) is 6.07 Å². The number of ether oxygens (including phenoxy) is 1. The van der Waals surface area contributed by atoms with Gasteiger partial charge in [0.25, 0.3) is 5.69 Å². The predicted octanol–water partition coefficient (Wildman–Crippen LogP) is 5.18. The fourth-order valence-electron chi connectivity index (χ4n) is 3.15. The van der Waals surface area contributed by atoms with E-state index in [0.717, 1.165) is 22.2 Å². The average molecular weight is 358 g/mol. The highest BCUT2D eigenvalue weighted by molar-refractivity contribution is 5.81. The van der Waals surface area contributed by atoms with Crippen molar-refractivity contribution in [2.45, 2.75) is 13.2 Å². The van der Waals surface area contributed by atoms with E-state index >= 15 is 0 Å². The zero-order chi connectivity index (χ0) is 18.6. The molecular formula is C22H18N2O3. The molecule has 5 nitrogen and oxygen atoms in total. The van der Waals surface area contributed by atoms with Crippen LogP contribution in [-0.4, -0.2) is 9.49 Å². The van der Waals surface area contributed by atoms with Crippen LogP contribution in [0.4, 0.5) is 5.69 Å². The summed E-state index contributed by atoms with van der Waals surface area (Å²) in [5.74, 6) is 0.801. The van der Waals surface area contributed by atoms with E-state index in [9.17, 15) is 10.1 Å². The number of aromatic nitrogens is 1. The monoisotopic (exact) mass is 358 g/mol. The van der Waals surface area contributed by atoms with Crippen LogP contribution in [0.3, 0.4) is 0 Å². The maximum Gasteiger partial charge on any atom is 0.274 e. The smallest absolute Gasteiger partial charge is 0.274 e. The number of benzene rings is 3. The van der Waals surface area contributed by atoms with E-state index < -0.39 is 0 Å². The van der Waals surface area contributed by atoms with Crippen molar-refractivity contribution in [2.75, 3.05) is 0 Å². The Kier molecular flexibility index (Phi) is 4.58. The highest BCUT2D eigenvalue weighted by atomic mass is 16.6. The summed E-state index contributed by atoms with van der Waals surface area (Å²) in [5.41, 5.74) is 2.96. The lowest BCUT2D eigenvalue weighted by atomic mass is 10.2. The fourth-order valence-corrected chi connectivity index (χ4v) is 3.15. The Labute approximate surface area is 156 Å². The van der Waals surface area contributed by atoms with Gasteiger partial charge >= 0.3 is 0 Å². The molecule has 0 atom stereocenters. The molecule has 1 heterocycles. The van der Waals surface area contributed by atoms with Crippen molar-refractivity contribution in [3.05, 3.63) is 106 Å². The minimum atomic E-state index is -0.337. The topological polar surface area (TPSA) is 57.3 Å². The van der Waals surface area contributed by atoms with Crippen LogP contribution in [-0.2, 0) is 13.2 Å². The van der Waals surface area contributed by atoms with Crippen LogP contribution in [0.2, 0.25) is 0 Å². The third-order valence-corrected chi connectivity index (χ3v) is 4.52. The third kappa shape index (κ3) is 3.67. The number of rotatable bonds is 6. The number of hydrogen-bond acceptors (Lipinski definition) is 3. The van der Waals surface area contributed by atoms with Crippen molar-refractivity contribution < 1.29 is 9.66 Å². The molecular weight excluding hydrogens is 340 g/mol. The molecule has 0 N–H and O–H groups in total. The Hall–Kier alpha value is -3.60. The van der Waals surface area contributed by atoms with Crippen molar-refractivity contribution in [1.29, 1.82) is 0 Å². The van der Waals surface area contributed by atoms with Gasteiger partial charge in [-0.3, -0.25) is 10.1 Å². The largest absolute Gasteiger partial charge is 0.489 e. The third-order valence-electron chi connectivity index (χ3n) is 4.52. The summed E-state index contributed by atoms with van der Waals surface area (Å²) >= 11 is 0. The standard InChI is InChI=1S/C22H18N2O3/c25-24(26)22-9-5-4-8-19(22)15-23-13-12-18-14-20(10-11-21(18)23)27-16-17-6-2-1-3-7-17/h1-14H,15-16H2. The van der Waals surface area contributed by atoms with Gasteiger partial charge in [-0.25, -0.2) is 0 Å². The van der Waals surface area contributed by atoms with Gasteiger partial charge in [0, 0.05) is 28.7 Å². The lowest BCUT2D eigenvalue weighted by Crippen LogP contribution is -2.02. The van der Waals surface area contributed by atoms with Crippen molar-refractivity contribution in [3.63, 3.8) is 0 Å². The van der Waals surface area contributed by atoms with Crippen LogP contribution in [0.1, 0.15) is 11.1 Å². The molecule has 0 spiro atoms. The molecule has 0 aliphatic rings. The summed E-state index contributed by atoms with van der Waals surface area (Å²) in [6.45, 7) is 0.966.